The summed E-state index contributed by atoms with van der Waals surface area (Å²) in [5.41, 5.74) is 15.5. The highest BCUT2D eigenvalue weighted by Gasteiger charge is 2.04. The summed E-state index contributed by atoms with van der Waals surface area (Å²) in [7, 11) is 0. The molecule has 0 saturated carbocycles. The van der Waals surface area contributed by atoms with Gasteiger partial charge in [-0.1, -0.05) is 24.3 Å². The summed E-state index contributed by atoms with van der Waals surface area (Å²) in [6.07, 6.45) is 4.02. The second-order valence-electron chi connectivity index (χ2n) is 5.26. The fourth-order valence-corrected chi connectivity index (χ4v) is 2.38. The van der Waals surface area contributed by atoms with Crippen LogP contribution in [0.3, 0.4) is 0 Å². The lowest BCUT2D eigenvalue weighted by Crippen LogP contribution is -2.10. The molecule has 6 N–H and O–H groups in total. The van der Waals surface area contributed by atoms with Gasteiger partial charge in [0.05, 0.1) is 0 Å². The Hall–Kier alpha value is -2.76. The summed E-state index contributed by atoms with van der Waals surface area (Å²) in [5, 5.41) is 14.8. The van der Waals surface area contributed by atoms with Crippen LogP contribution in [0.1, 0.15) is 11.1 Å². The van der Waals surface area contributed by atoms with Gasteiger partial charge in [0, 0.05) is 29.2 Å². The van der Waals surface area contributed by atoms with Crippen molar-refractivity contribution in [3.05, 3.63) is 78.1 Å². The van der Waals surface area contributed by atoms with Crippen molar-refractivity contribution in [1.82, 2.24) is 4.57 Å². The Morgan fingerprint density at radius 1 is 0.680 bits per heavy atom. The van der Waals surface area contributed by atoms with Gasteiger partial charge in [-0.3, -0.25) is 10.8 Å². The van der Waals surface area contributed by atoms with Crippen LogP contribution in [0, 0.1) is 10.8 Å². The van der Waals surface area contributed by atoms with Crippen molar-refractivity contribution < 1.29 is 0 Å². The first-order valence-electron chi connectivity index (χ1n) is 7.12. The van der Waals surface area contributed by atoms with E-state index < -0.39 is 0 Å². The lowest BCUT2D eigenvalue weighted by Gasteiger charge is -2.05. The topological polar surface area (TPSA) is 105 Å². The number of halogens is 2. The minimum absolute atomic E-state index is 0. The van der Waals surface area contributed by atoms with Crippen molar-refractivity contribution in [3.8, 4) is 16.8 Å². The first-order valence-corrected chi connectivity index (χ1v) is 7.12. The van der Waals surface area contributed by atoms with E-state index in [4.69, 9.17) is 22.3 Å². The molecule has 1 heterocycles. The van der Waals surface area contributed by atoms with Crippen LogP contribution in [-0.2, 0) is 0 Å². The zero-order valence-electron chi connectivity index (χ0n) is 13.3. The van der Waals surface area contributed by atoms with Crippen LogP contribution in [0.2, 0.25) is 0 Å². The van der Waals surface area contributed by atoms with Crippen molar-refractivity contribution in [2.75, 3.05) is 0 Å². The van der Waals surface area contributed by atoms with Gasteiger partial charge in [0.2, 0.25) is 0 Å². The molecule has 0 amide bonds. The lowest BCUT2D eigenvalue weighted by atomic mass is 10.1. The van der Waals surface area contributed by atoms with Gasteiger partial charge in [0.1, 0.15) is 11.7 Å². The molecule has 5 nitrogen and oxygen atoms in total. The van der Waals surface area contributed by atoms with Gasteiger partial charge in [-0.25, -0.2) is 0 Å². The number of hydrogen-bond acceptors (Lipinski definition) is 2. The van der Waals surface area contributed by atoms with Crippen LogP contribution in [0.25, 0.3) is 16.8 Å². The molecule has 0 spiro atoms. The van der Waals surface area contributed by atoms with E-state index in [1.165, 1.54) is 0 Å². The van der Waals surface area contributed by atoms with Crippen molar-refractivity contribution >= 4 is 36.5 Å². The molecule has 0 saturated heterocycles. The average Bonchev–Trinajstić information content (AvgIpc) is 3.05. The Labute approximate surface area is 158 Å². The van der Waals surface area contributed by atoms with E-state index >= 15 is 0 Å². The molecule has 0 aliphatic heterocycles. The monoisotopic (exact) mass is 375 g/mol. The molecule has 3 rings (SSSR count). The van der Waals surface area contributed by atoms with E-state index in [0.717, 1.165) is 16.8 Å². The van der Waals surface area contributed by atoms with Crippen molar-refractivity contribution in [3.63, 3.8) is 0 Å². The second kappa shape index (κ2) is 8.37. The average molecular weight is 376 g/mol. The third-order valence-electron chi connectivity index (χ3n) is 3.70. The number of nitrogen functional groups attached to an aromatic ring is 2. The standard InChI is InChI=1S/C18H17N5.2ClH/c19-17(20)13-3-1-12(2-4-13)15-9-10-23(11-15)16-7-5-14(6-8-16)18(21)22;;/h1-11H,(H3,19,20)(H3,21,22);2*1H. The van der Waals surface area contributed by atoms with Crippen molar-refractivity contribution in [1.29, 1.82) is 10.8 Å². The Bertz CT molecular complexity index is 795. The van der Waals surface area contributed by atoms with Crippen LogP contribution >= 0.6 is 24.8 Å². The van der Waals surface area contributed by atoms with Crippen molar-refractivity contribution in [2.24, 2.45) is 11.5 Å². The Morgan fingerprint density at radius 2 is 1.16 bits per heavy atom. The quantitative estimate of drug-likeness (QED) is 0.413. The molecular weight excluding hydrogens is 357 g/mol. The summed E-state index contributed by atoms with van der Waals surface area (Å²) in [6, 6.07) is 17.1. The van der Waals surface area contributed by atoms with E-state index in [1.54, 1.807) is 0 Å². The first-order chi connectivity index (χ1) is 11.0. The molecular formula is C18H19Cl2N5. The molecule has 0 fully saturated rings. The van der Waals surface area contributed by atoms with Gasteiger partial charge in [-0.15, -0.1) is 24.8 Å². The van der Waals surface area contributed by atoms with E-state index in [1.807, 2.05) is 71.6 Å². The Balaban J connectivity index is 0.00000156. The number of nitrogens with one attached hydrogen (secondary N) is 2. The maximum atomic E-state index is 7.42. The molecule has 1 aromatic heterocycles. The third kappa shape index (κ3) is 4.41. The zero-order valence-corrected chi connectivity index (χ0v) is 14.9. The number of benzene rings is 2. The molecule has 0 bridgehead atoms. The van der Waals surface area contributed by atoms with E-state index in [9.17, 15) is 0 Å². The third-order valence-corrected chi connectivity index (χ3v) is 3.70. The largest absolute Gasteiger partial charge is 0.384 e. The molecule has 0 unspecified atom stereocenters. The van der Waals surface area contributed by atoms with Gasteiger partial charge in [0.25, 0.3) is 0 Å². The fraction of sp³-hybridized carbons (Fsp3) is 0. The summed E-state index contributed by atoms with van der Waals surface area (Å²) in [5.74, 6) is 0.134. The predicted octanol–water partition coefficient (Wildman–Crippen LogP) is 3.56. The molecule has 0 radical (unpaired) electrons. The van der Waals surface area contributed by atoms with E-state index in [0.29, 0.717) is 11.1 Å². The Kier molecular flexibility index (Phi) is 6.79. The molecule has 7 heteroatoms. The van der Waals surface area contributed by atoms with Gasteiger partial charge >= 0.3 is 0 Å². The fourth-order valence-electron chi connectivity index (χ4n) is 2.38. The maximum Gasteiger partial charge on any atom is 0.122 e. The molecule has 3 aromatic rings. The van der Waals surface area contributed by atoms with Gasteiger partial charge in [0.15, 0.2) is 0 Å². The van der Waals surface area contributed by atoms with Crippen molar-refractivity contribution in [2.45, 2.75) is 0 Å². The number of nitrogens with zero attached hydrogens (tertiary/aromatic N) is 1. The highest BCUT2D eigenvalue weighted by Crippen LogP contribution is 2.22. The van der Waals surface area contributed by atoms with Gasteiger partial charge < -0.3 is 16.0 Å². The highest BCUT2D eigenvalue weighted by atomic mass is 35.5. The summed E-state index contributed by atoms with van der Waals surface area (Å²) >= 11 is 0. The summed E-state index contributed by atoms with van der Waals surface area (Å²) < 4.78 is 2.01. The minimum atomic E-state index is 0. The number of nitrogens with two attached hydrogens (primary N) is 2. The van der Waals surface area contributed by atoms with Crippen LogP contribution < -0.4 is 11.5 Å². The van der Waals surface area contributed by atoms with Crippen LogP contribution in [0.15, 0.2) is 67.0 Å². The normalized spacial score (nSPS) is 9.60. The van der Waals surface area contributed by atoms with Gasteiger partial charge in [-0.05, 0) is 41.5 Å². The SMILES string of the molecule is Cl.Cl.N=C(N)c1ccc(-c2ccn(-c3ccc(C(=N)N)cc3)c2)cc1. The molecule has 2 aromatic carbocycles. The molecule has 0 aliphatic rings. The molecule has 25 heavy (non-hydrogen) atoms. The number of hydrogen-bond donors (Lipinski definition) is 4. The van der Waals surface area contributed by atoms with E-state index in [-0.39, 0.29) is 36.5 Å². The van der Waals surface area contributed by atoms with Gasteiger partial charge in [-0.2, -0.15) is 0 Å². The molecule has 130 valence electrons. The molecule has 0 atom stereocenters. The molecule has 0 aliphatic carbocycles. The maximum absolute atomic E-state index is 7.42. The lowest BCUT2D eigenvalue weighted by molar-refractivity contribution is 1.08. The van der Waals surface area contributed by atoms with E-state index in [2.05, 4.69) is 0 Å². The minimum Gasteiger partial charge on any atom is -0.384 e. The number of rotatable bonds is 4. The van der Waals surface area contributed by atoms with Crippen LogP contribution in [0.5, 0.6) is 0 Å². The predicted molar refractivity (Wildman–Crippen MR) is 108 cm³/mol. The number of amidine groups is 2. The first kappa shape index (κ1) is 20.3. The summed E-state index contributed by atoms with van der Waals surface area (Å²) in [4.78, 5) is 0. The summed E-state index contributed by atoms with van der Waals surface area (Å²) in [6.45, 7) is 0. The van der Waals surface area contributed by atoms with Crippen LogP contribution in [0.4, 0.5) is 0 Å². The number of aromatic nitrogens is 1. The Morgan fingerprint density at radius 3 is 1.64 bits per heavy atom. The second-order valence-corrected chi connectivity index (χ2v) is 5.26. The zero-order chi connectivity index (χ0) is 16.4. The highest BCUT2D eigenvalue weighted by molar-refractivity contribution is 5.95. The van der Waals surface area contributed by atoms with Crippen LogP contribution in [-0.4, -0.2) is 16.2 Å². The smallest absolute Gasteiger partial charge is 0.122 e.